The van der Waals surface area contributed by atoms with E-state index in [4.69, 9.17) is 9.47 Å². The standard InChI is InChI=1S/C14H20O4/c1-8(2)18-13(16)11-10(14(11,3)4)7-9-5-6-17-12(9)15/h7-8,10-11H,5-6H2,1-4H3/b9-7+/t10-,11+/m1/s1. The highest BCUT2D eigenvalue weighted by atomic mass is 16.5. The number of ether oxygens (including phenoxy) is 2. The number of hydrogen-bond acceptors (Lipinski definition) is 4. The first kappa shape index (κ1) is 13.1. The van der Waals surface area contributed by atoms with Crippen molar-refractivity contribution in [3.05, 3.63) is 11.6 Å². The van der Waals surface area contributed by atoms with Crippen molar-refractivity contribution in [2.24, 2.45) is 17.3 Å². The van der Waals surface area contributed by atoms with Crippen LogP contribution in [0.4, 0.5) is 0 Å². The fourth-order valence-electron chi connectivity index (χ4n) is 2.56. The molecule has 0 aromatic carbocycles. The van der Waals surface area contributed by atoms with Gasteiger partial charge in [-0.1, -0.05) is 19.9 Å². The lowest BCUT2D eigenvalue weighted by atomic mass is 10.1. The summed E-state index contributed by atoms with van der Waals surface area (Å²) >= 11 is 0. The van der Waals surface area contributed by atoms with E-state index in [1.165, 1.54) is 0 Å². The Morgan fingerprint density at radius 3 is 2.67 bits per heavy atom. The van der Waals surface area contributed by atoms with E-state index >= 15 is 0 Å². The Morgan fingerprint density at radius 2 is 2.17 bits per heavy atom. The number of allylic oxidation sites excluding steroid dienone is 1. The van der Waals surface area contributed by atoms with Crippen molar-refractivity contribution in [1.29, 1.82) is 0 Å². The lowest BCUT2D eigenvalue weighted by Crippen LogP contribution is -2.15. The zero-order chi connectivity index (χ0) is 13.5. The third-order valence-electron chi connectivity index (χ3n) is 3.76. The van der Waals surface area contributed by atoms with Gasteiger partial charge in [0.25, 0.3) is 0 Å². The molecule has 0 amide bonds. The van der Waals surface area contributed by atoms with E-state index in [9.17, 15) is 9.59 Å². The van der Waals surface area contributed by atoms with Gasteiger partial charge in [-0.15, -0.1) is 0 Å². The molecule has 1 saturated carbocycles. The van der Waals surface area contributed by atoms with Crippen molar-refractivity contribution in [3.8, 4) is 0 Å². The van der Waals surface area contributed by atoms with Crippen LogP contribution in [0.5, 0.6) is 0 Å². The first-order valence-corrected chi connectivity index (χ1v) is 6.42. The average Bonchev–Trinajstić information content (AvgIpc) is 2.56. The molecule has 0 bridgehead atoms. The molecule has 2 atom stereocenters. The molecule has 4 heteroatoms. The van der Waals surface area contributed by atoms with Crippen molar-refractivity contribution >= 4 is 11.9 Å². The van der Waals surface area contributed by atoms with Gasteiger partial charge in [-0.25, -0.2) is 4.79 Å². The molecule has 0 N–H and O–H groups in total. The monoisotopic (exact) mass is 252 g/mol. The van der Waals surface area contributed by atoms with Gasteiger partial charge in [-0.2, -0.15) is 0 Å². The van der Waals surface area contributed by atoms with Gasteiger partial charge in [0.15, 0.2) is 0 Å². The van der Waals surface area contributed by atoms with Crippen LogP contribution in [0.25, 0.3) is 0 Å². The summed E-state index contributed by atoms with van der Waals surface area (Å²) in [6, 6.07) is 0. The zero-order valence-electron chi connectivity index (χ0n) is 11.4. The van der Waals surface area contributed by atoms with Gasteiger partial charge < -0.3 is 9.47 Å². The molecule has 0 radical (unpaired) electrons. The van der Waals surface area contributed by atoms with Crippen LogP contribution in [0.1, 0.15) is 34.1 Å². The van der Waals surface area contributed by atoms with Crippen LogP contribution in [0, 0.1) is 17.3 Å². The molecule has 1 saturated heterocycles. The second-order valence-electron chi connectivity index (χ2n) is 5.89. The van der Waals surface area contributed by atoms with Crippen LogP contribution in [-0.2, 0) is 19.1 Å². The molecule has 2 fully saturated rings. The normalized spacial score (nSPS) is 31.6. The van der Waals surface area contributed by atoms with Crippen molar-refractivity contribution in [3.63, 3.8) is 0 Å². The highest BCUT2D eigenvalue weighted by Crippen LogP contribution is 2.60. The van der Waals surface area contributed by atoms with Crippen molar-refractivity contribution < 1.29 is 19.1 Å². The van der Waals surface area contributed by atoms with Gasteiger partial charge >= 0.3 is 11.9 Å². The van der Waals surface area contributed by atoms with Crippen molar-refractivity contribution in [2.75, 3.05) is 6.61 Å². The molecule has 100 valence electrons. The Morgan fingerprint density at radius 1 is 1.50 bits per heavy atom. The minimum atomic E-state index is -0.242. The van der Waals surface area contributed by atoms with E-state index in [-0.39, 0.29) is 35.3 Å². The topological polar surface area (TPSA) is 52.6 Å². The van der Waals surface area contributed by atoms with Crippen LogP contribution < -0.4 is 0 Å². The molecule has 2 rings (SSSR count). The van der Waals surface area contributed by atoms with E-state index in [0.29, 0.717) is 18.6 Å². The number of esters is 2. The molecule has 2 aliphatic rings. The third-order valence-corrected chi connectivity index (χ3v) is 3.76. The molecule has 4 nitrogen and oxygen atoms in total. The summed E-state index contributed by atoms with van der Waals surface area (Å²) in [7, 11) is 0. The number of carbonyl (C=O) groups excluding carboxylic acids is 2. The molecule has 0 aromatic rings. The van der Waals surface area contributed by atoms with Gasteiger partial charge in [0.1, 0.15) is 0 Å². The number of rotatable bonds is 3. The summed E-state index contributed by atoms with van der Waals surface area (Å²) in [5.41, 5.74) is 0.579. The predicted molar refractivity (Wildman–Crippen MR) is 65.6 cm³/mol. The van der Waals surface area contributed by atoms with E-state index in [0.717, 1.165) is 0 Å². The second-order valence-corrected chi connectivity index (χ2v) is 5.89. The van der Waals surface area contributed by atoms with Crippen LogP contribution in [0.2, 0.25) is 0 Å². The Kier molecular flexibility index (Phi) is 3.21. The van der Waals surface area contributed by atoms with Gasteiger partial charge in [0.05, 0.1) is 18.6 Å². The van der Waals surface area contributed by atoms with E-state index in [1.54, 1.807) is 0 Å². The molecule has 1 aliphatic carbocycles. The fourth-order valence-corrected chi connectivity index (χ4v) is 2.56. The van der Waals surface area contributed by atoms with Crippen LogP contribution in [-0.4, -0.2) is 24.6 Å². The van der Waals surface area contributed by atoms with Crippen LogP contribution in [0.15, 0.2) is 11.6 Å². The molecule has 1 heterocycles. The van der Waals surface area contributed by atoms with Crippen molar-refractivity contribution in [1.82, 2.24) is 0 Å². The molecule has 0 aromatic heterocycles. The first-order chi connectivity index (χ1) is 8.34. The van der Waals surface area contributed by atoms with Gasteiger partial charge in [-0.05, 0) is 25.2 Å². The highest BCUT2D eigenvalue weighted by Gasteiger charge is 2.61. The molecule has 0 spiro atoms. The predicted octanol–water partition coefficient (Wildman–Crippen LogP) is 2.08. The quantitative estimate of drug-likeness (QED) is 0.570. The maximum absolute atomic E-state index is 11.9. The molecule has 1 aliphatic heterocycles. The summed E-state index contributed by atoms with van der Waals surface area (Å²) in [5, 5.41) is 0. The summed E-state index contributed by atoms with van der Waals surface area (Å²) in [5.74, 6) is -0.456. The van der Waals surface area contributed by atoms with Gasteiger partial charge in [0, 0.05) is 12.0 Å². The number of carbonyl (C=O) groups is 2. The molecular formula is C14H20O4. The van der Waals surface area contributed by atoms with E-state index in [1.807, 2.05) is 33.8 Å². The Hall–Kier alpha value is -1.32. The molecular weight excluding hydrogens is 232 g/mol. The molecule has 18 heavy (non-hydrogen) atoms. The third kappa shape index (κ3) is 2.28. The van der Waals surface area contributed by atoms with Crippen LogP contribution in [0.3, 0.4) is 0 Å². The Bertz CT molecular complexity index is 406. The maximum atomic E-state index is 11.9. The SMILES string of the molecule is CC(C)OC(=O)[C@@H]1[C@@H](/C=C2\CCOC2=O)C1(C)C. The smallest absolute Gasteiger partial charge is 0.333 e. The maximum Gasteiger partial charge on any atom is 0.333 e. The minimum absolute atomic E-state index is 0.0874. The first-order valence-electron chi connectivity index (χ1n) is 6.42. The fraction of sp³-hybridized carbons (Fsp3) is 0.714. The second kappa shape index (κ2) is 4.41. The summed E-state index contributed by atoms with van der Waals surface area (Å²) in [4.78, 5) is 23.3. The zero-order valence-corrected chi connectivity index (χ0v) is 11.4. The lowest BCUT2D eigenvalue weighted by Gasteiger charge is -2.08. The van der Waals surface area contributed by atoms with E-state index < -0.39 is 0 Å². The minimum Gasteiger partial charge on any atom is -0.463 e. The summed E-state index contributed by atoms with van der Waals surface area (Å²) < 4.78 is 10.1. The van der Waals surface area contributed by atoms with Crippen molar-refractivity contribution in [2.45, 2.75) is 40.2 Å². The molecule has 0 unspecified atom stereocenters. The summed E-state index contributed by atoms with van der Waals surface area (Å²) in [6.45, 7) is 8.20. The average molecular weight is 252 g/mol. The lowest BCUT2D eigenvalue weighted by molar-refractivity contribution is -0.150. The van der Waals surface area contributed by atoms with Crippen LogP contribution >= 0.6 is 0 Å². The van der Waals surface area contributed by atoms with E-state index in [2.05, 4.69) is 0 Å². The largest absolute Gasteiger partial charge is 0.463 e. The number of hydrogen-bond donors (Lipinski definition) is 0. The highest BCUT2D eigenvalue weighted by molar-refractivity contribution is 5.90. The number of cyclic esters (lactones) is 1. The van der Waals surface area contributed by atoms with Gasteiger partial charge in [0.2, 0.25) is 0 Å². The summed E-state index contributed by atoms with van der Waals surface area (Å²) in [6.07, 6.45) is 2.46. The Balaban J connectivity index is 2.07. The Labute approximate surface area is 107 Å². The van der Waals surface area contributed by atoms with Gasteiger partial charge in [-0.3, -0.25) is 4.79 Å².